The summed E-state index contributed by atoms with van der Waals surface area (Å²) in [4.78, 5) is 9.03. The average molecular weight is 375 g/mol. The summed E-state index contributed by atoms with van der Waals surface area (Å²) in [5.41, 5.74) is -1.49. The van der Waals surface area contributed by atoms with Crippen LogP contribution in [0.3, 0.4) is 0 Å². The Morgan fingerprint density at radius 2 is 1.65 bits per heavy atom. The minimum absolute atomic E-state index is 0.260. The number of anilines is 1. The molecule has 3 nitrogen and oxygen atoms in total. The van der Waals surface area contributed by atoms with Crippen LogP contribution in [0.1, 0.15) is 70.8 Å². The van der Waals surface area contributed by atoms with E-state index in [0.29, 0.717) is 19.5 Å². The zero-order valence-electron chi connectivity index (χ0n) is 16.1. The van der Waals surface area contributed by atoms with Gasteiger partial charge in [-0.3, -0.25) is 0 Å². The highest BCUT2D eigenvalue weighted by Gasteiger charge is 2.52. The number of nitrogens with zero attached hydrogens (tertiary/aromatic N) is 3. The van der Waals surface area contributed by atoms with E-state index in [2.05, 4.69) is 9.97 Å². The van der Waals surface area contributed by atoms with Crippen LogP contribution in [0.25, 0.3) is 0 Å². The smallest absolute Gasteiger partial charge is 0.356 e. The maximum absolute atomic E-state index is 15.2. The van der Waals surface area contributed by atoms with Gasteiger partial charge in [-0.05, 0) is 33.1 Å². The molecule has 2 heterocycles. The molecule has 7 heteroatoms. The molecule has 1 saturated carbocycles. The molecule has 0 radical (unpaired) electrons. The van der Waals surface area contributed by atoms with E-state index in [1.54, 1.807) is 13.0 Å². The summed E-state index contributed by atoms with van der Waals surface area (Å²) in [7, 11) is 0. The highest BCUT2D eigenvalue weighted by atomic mass is 19.4. The fourth-order valence-corrected chi connectivity index (χ4v) is 4.16. The Kier molecular flexibility index (Phi) is 6.18. The number of halogens is 4. The summed E-state index contributed by atoms with van der Waals surface area (Å²) in [6.45, 7) is 7.98. The first-order chi connectivity index (χ1) is 12.1. The van der Waals surface area contributed by atoms with Gasteiger partial charge < -0.3 is 4.90 Å². The van der Waals surface area contributed by atoms with Gasteiger partial charge in [0.05, 0.1) is 0 Å². The van der Waals surface area contributed by atoms with E-state index in [0.717, 1.165) is 32.1 Å². The van der Waals surface area contributed by atoms with Crippen molar-refractivity contribution in [1.29, 1.82) is 0 Å². The molecule has 1 saturated heterocycles. The third-order valence-electron chi connectivity index (χ3n) is 5.68. The first-order valence-electron chi connectivity index (χ1n) is 9.50. The quantitative estimate of drug-likeness (QED) is 0.588. The number of hydrogen-bond acceptors (Lipinski definition) is 3. The average Bonchev–Trinajstić information content (AvgIpc) is 2.59. The molecule has 0 amide bonds. The number of aromatic nitrogens is 2. The highest BCUT2D eigenvalue weighted by molar-refractivity contribution is 5.42. The van der Waals surface area contributed by atoms with Gasteiger partial charge in [0.25, 0.3) is 0 Å². The van der Waals surface area contributed by atoms with Gasteiger partial charge in [-0.1, -0.05) is 33.1 Å². The van der Waals surface area contributed by atoms with Gasteiger partial charge >= 0.3 is 6.18 Å². The van der Waals surface area contributed by atoms with Crippen molar-refractivity contribution in [3.8, 4) is 0 Å². The Morgan fingerprint density at radius 3 is 2.23 bits per heavy atom. The van der Waals surface area contributed by atoms with Gasteiger partial charge in [0.2, 0.25) is 5.82 Å². The Labute approximate surface area is 153 Å². The van der Waals surface area contributed by atoms with Crippen molar-refractivity contribution in [3.63, 3.8) is 0 Å². The van der Waals surface area contributed by atoms with Gasteiger partial charge in [0.1, 0.15) is 11.5 Å². The maximum Gasteiger partial charge on any atom is 0.451 e. The van der Waals surface area contributed by atoms with Gasteiger partial charge in [-0.25, -0.2) is 14.4 Å². The molecule has 1 atom stereocenters. The monoisotopic (exact) mass is 375 g/mol. The molecule has 26 heavy (non-hydrogen) atoms. The lowest BCUT2D eigenvalue weighted by atomic mass is 9.62. The topological polar surface area (TPSA) is 29.0 Å². The Hall–Kier alpha value is -1.40. The number of hydrogen-bond donors (Lipinski definition) is 0. The standard InChI is InChI=1S/C17H23F4N3.C2H6/c1-12-10-13(23-14(22-12)17(19,20)21)24-9-8-15(2,18)16(11-24)6-4-3-5-7-16;1-2/h10H,3-9,11H2,1-2H3;1-2H3. The SMILES string of the molecule is CC.Cc1cc(N2CCC(C)(F)C3(CCCCC3)C2)nc(C(F)(F)F)n1. The molecular weight excluding hydrogens is 346 g/mol. The molecule has 1 unspecified atom stereocenters. The lowest BCUT2D eigenvalue weighted by molar-refractivity contribution is -0.145. The van der Waals surface area contributed by atoms with Crippen LogP contribution in [0, 0.1) is 12.3 Å². The molecule has 3 rings (SSSR count). The fraction of sp³-hybridized carbons (Fsp3) is 0.789. The first kappa shape index (κ1) is 20.9. The molecular formula is C19H29F4N3. The molecule has 2 fully saturated rings. The van der Waals surface area contributed by atoms with Crippen molar-refractivity contribution in [2.75, 3.05) is 18.0 Å². The minimum atomic E-state index is -4.58. The van der Waals surface area contributed by atoms with Crippen LogP contribution < -0.4 is 4.90 Å². The largest absolute Gasteiger partial charge is 0.451 e. The van der Waals surface area contributed by atoms with E-state index in [4.69, 9.17) is 0 Å². The summed E-state index contributed by atoms with van der Waals surface area (Å²) >= 11 is 0. The Morgan fingerprint density at radius 1 is 1.04 bits per heavy atom. The lowest BCUT2D eigenvalue weighted by Gasteiger charge is -2.53. The van der Waals surface area contributed by atoms with Crippen molar-refractivity contribution >= 4 is 5.82 Å². The second-order valence-electron chi connectivity index (χ2n) is 7.40. The molecule has 1 aliphatic heterocycles. The highest BCUT2D eigenvalue weighted by Crippen LogP contribution is 2.51. The predicted octanol–water partition coefficient (Wildman–Crippen LogP) is 5.72. The van der Waals surface area contributed by atoms with E-state index in [9.17, 15) is 13.2 Å². The summed E-state index contributed by atoms with van der Waals surface area (Å²) in [5, 5.41) is 0. The van der Waals surface area contributed by atoms with E-state index in [1.165, 1.54) is 6.92 Å². The molecule has 2 aliphatic rings. The van der Waals surface area contributed by atoms with Crippen molar-refractivity contribution in [2.24, 2.45) is 5.41 Å². The van der Waals surface area contributed by atoms with Crippen molar-refractivity contribution < 1.29 is 17.6 Å². The predicted molar refractivity (Wildman–Crippen MR) is 95.0 cm³/mol. The molecule has 1 aromatic heterocycles. The maximum atomic E-state index is 15.2. The number of alkyl halides is 4. The summed E-state index contributed by atoms with van der Waals surface area (Å²) < 4.78 is 54.2. The van der Waals surface area contributed by atoms with Gasteiger partial charge in [0, 0.05) is 30.3 Å². The fourth-order valence-electron chi connectivity index (χ4n) is 4.16. The number of rotatable bonds is 1. The second kappa shape index (κ2) is 7.69. The Bertz CT molecular complexity index is 607. The summed E-state index contributed by atoms with van der Waals surface area (Å²) in [6, 6.07) is 1.56. The Balaban J connectivity index is 0.00000117. The van der Waals surface area contributed by atoms with Crippen molar-refractivity contribution in [3.05, 3.63) is 17.6 Å². The minimum Gasteiger partial charge on any atom is -0.356 e. The van der Waals surface area contributed by atoms with E-state index in [-0.39, 0.29) is 11.5 Å². The first-order valence-corrected chi connectivity index (χ1v) is 9.50. The molecule has 1 aromatic rings. The van der Waals surface area contributed by atoms with Crippen LogP contribution >= 0.6 is 0 Å². The summed E-state index contributed by atoms with van der Waals surface area (Å²) in [6.07, 6.45) is 0.362. The molecule has 1 spiro atoms. The zero-order chi connectivity index (χ0) is 19.6. The van der Waals surface area contributed by atoms with E-state index < -0.39 is 23.1 Å². The molecule has 1 aliphatic carbocycles. The zero-order valence-corrected chi connectivity index (χ0v) is 16.1. The lowest BCUT2D eigenvalue weighted by Crippen LogP contribution is -2.57. The van der Waals surface area contributed by atoms with Gasteiger partial charge in [0.15, 0.2) is 0 Å². The summed E-state index contributed by atoms with van der Waals surface area (Å²) in [5.74, 6) is -0.862. The van der Waals surface area contributed by atoms with Crippen LogP contribution in [0.2, 0.25) is 0 Å². The van der Waals surface area contributed by atoms with Crippen molar-refractivity contribution in [1.82, 2.24) is 9.97 Å². The van der Waals surface area contributed by atoms with Crippen LogP contribution in [-0.4, -0.2) is 28.7 Å². The third kappa shape index (κ3) is 4.12. The number of aryl methyl sites for hydroxylation is 1. The van der Waals surface area contributed by atoms with E-state index >= 15 is 4.39 Å². The molecule has 0 aromatic carbocycles. The number of piperidine rings is 1. The van der Waals surface area contributed by atoms with Gasteiger partial charge in [-0.2, -0.15) is 13.2 Å². The van der Waals surface area contributed by atoms with Gasteiger partial charge in [-0.15, -0.1) is 0 Å². The van der Waals surface area contributed by atoms with Crippen molar-refractivity contribution in [2.45, 2.75) is 78.1 Å². The second-order valence-corrected chi connectivity index (χ2v) is 7.40. The third-order valence-corrected chi connectivity index (χ3v) is 5.68. The molecule has 148 valence electrons. The van der Waals surface area contributed by atoms with Crippen LogP contribution in [0.15, 0.2) is 6.07 Å². The van der Waals surface area contributed by atoms with Crippen LogP contribution in [-0.2, 0) is 6.18 Å². The normalized spacial score (nSPS) is 25.6. The molecule has 0 N–H and O–H groups in total. The van der Waals surface area contributed by atoms with Crippen LogP contribution in [0.4, 0.5) is 23.4 Å². The molecule has 0 bridgehead atoms. The van der Waals surface area contributed by atoms with Crippen LogP contribution in [0.5, 0.6) is 0 Å². The van der Waals surface area contributed by atoms with E-state index in [1.807, 2.05) is 18.7 Å².